The Balaban J connectivity index is 1.42. The van der Waals surface area contributed by atoms with E-state index in [9.17, 15) is 9.59 Å². The third kappa shape index (κ3) is 12.9. The summed E-state index contributed by atoms with van der Waals surface area (Å²) in [5.41, 5.74) is 2.61. The van der Waals surface area contributed by atoms with Gasteiger partial charge in [-0.25, -0.2) is 0 Å². The number of nitrogens with one attached hydrogen (secondary N) is 1. The molecule has 0 atom stereocenters. The predicted octanol–water partition coefficient (Wildman–Crippen LogP) is 8.65. The molecule has 6 nitrogen and oxygen atoms in total. The number of hydroxylamine groups is 2. The molecule has 1 amide bonds. The van der Waals surface area contributed by atoms with Gasteiger partial charge in [0.2, 0.25) is 0 Å². The summed E-state index contributed by atoms with van der Waals surface area (Å²) in [6.45, 7) is 5.27. The van der Waals surface area contributed by atoms with E-state index >= 15 is 0 Å². The number of unbranched alkanes of at least 4 members (excludes halogenated alkanes) is 9. The zero-order valence-electron chi connectivity index (χ0n) is 25.5. The summed E-state index contributed by atoms with van der Waals surface area (Å²) in [6, 6.07) is 25.0. The van der Waals surface area contributed by atoms with Crippen LogP contribution in [0.1, 0.15) is 99.5 Å². The van der Waals surface area contributed by atoms with E-state index in [4.69, 9.17) is 9.57 Å². The molecule has 0 heterocycles. The lowest BCUT2D eigenvalue weighted by Crippen LogP contribution is -2.28. The quantitative estimate of drug-likeness (QED) is 0.108. The predicted molar refractivity (Wildman–Crippen MR) is 169 cm³/mol. The minimum absolute atomic E-state index is 0.0515. The Morgan fingerprint density at radius 1 is 0.738 bits per heavy atom. The molecule has 3 aromatic carbocycles. The fourth-order valence-electron chi connectivity index (χ4n) is 4.89. The lowest BCUT2D eigenvalue weighted by Gasteiger charge is -2.21. The van der Waals surface area contributed by atoms with Gasteiger partial charge in [-0.3, -0.25) is 9.59 Å². The topological polar surface area (TPSA) is 67.9 Å². The van der Waals surface area contributed by atoms with Crippen molar-refractivity contribution in [2.75, 3.05) is 13.1 Å². The van der Waals surface area contributed by atoms with Crippen molar-refractivity contribution in [2.24, 2.45) is 0 Å². The van der Waals surface area contributed by atoms with Crippen molar-refractivity contribution in [3.63, 3.8) is 0 Å². The van der Waals surface area contributed by atoms with E-state index in [1.165, 1.54) is 58.3 Å². The number of nitrogens with zero attached hydrogens (tertiary/aromatic N) is 1. The zero-order chi connectivity index (χ0) is 29.8. The van der Waals surface area contributed by atoms with Crippen molar-refractivity contribution in [1.29, 1.82) is 0 Å². The lowest BCUT2D eigenvalue weighted by atomic mass is 10.1. The van der Waals surface area contributed by atoms with Crippen LogP contribution in [0.15, 0.2) is 78.9 Å². The van der Waals surface area contributed by atoms with E-state index in [2.05, 4.69) is 12.2 Å². The van der Waals surface area contributed by atoms with Gasteiger partial charge in [0, 0.05) is 25.6 Å². The Labute approximate surface area is 252 Å². The Kier molecular flexibility index (Phi) is 15.2. The van der Waals surface area contributed by atoms with Gasteiger partial charge < -0.3 is 14.9 Å². The van der Waals surface area contributed by atoms with Gasteiger partial charge in [0.05, 0.1) is 6.54 Å². The van der Waals surface area contributed by atoms with E-state index in [0.29, 0.717) is 31.6 Å². The molecule has 0 spiro atoms. The Bertz CT molecular complexity index is 1180. The third-order valence-electron chi connectivity index (χ3n) is 7.22. The number of carbonyl (C=O) groups excluding carboxylic acids is 2. The lowest BCUT2D eigenvalue weighted by molar-refractivity contribution is -0.190. The molecule has 0 bridgehead atoms. The number of hydrogen-bond acceptors (Lipinski definition) is 5. The van der Waals surface area contributed by atoms with Gasteiger partial charge >= 0.3 is 5.97 Å². The molecule has 3 aromatic rings. The minimum Gasteiger partial charge on any atom is -0.457 e. The van der Waals surface area contributed by atoms with E-state index in [-0.39, 0.29) is 11.9 Å². The number of benzene rings is 3. The van der Waals surface area contributed by atoms with Crippen LogP contribution in [-0.4, -0.2) is 30.0 Å². The van der Waals surface area contributed by atoms with Gasteiger partial charge in [-0.05, 0) is 54.3 Å². The highest BCUT2D eigenvalue weighted by Gasteiger charge is 2.13. The summed E-state index contributed by atoms with van der Waals surface area (Å²) in [5, 5.41) is 4.70. The molecule has 3 rings (SSSR count). The molecule has 6 heteroatoms. The van der Waals surface area contributed by atoms with Crippen LogP contribution in [0.5, 0.6) is 11.5 Å². The zero-order valence-corrected chi connectivity index (χ0v) is 25.5. The van der Waals surface area contributed by atoms with Gasteiger partial charge in [-0.2, -0.15) is 0 Å². The van der Waals surface area contributed by atoms with Crippen molar-refractivity contribution in [2.45, 2.75) is 91.0 Å². The highest BCUT2D eigenvalue weighted by atomic mass is 16.7. The first-order valence-electron chi connectivity index (χ1n) is 15.7. The average molecular weight is 573 g/mol. The first kappa shape index (κ1) is 32.9. The molecular weight excluding hydrogens is 524 g/mol. The third-order valence-corrected chi connectivity index (χ3v) is 7.22. The number of rotatable bonds is 20. The van der Waals surface area contributed by atoms with Crippen LogP contribution >= 0.6 is 0 Å². The van der Waals surface area contributed by atoms with Crippen LogP contribution in [-0.2, 0) is 22.6 Å². The van der Waals surface area contributed by atoms with Crippen molar-refractivity contribution in [3.05, 3.63) is 95.6 Å². The largest absolute Gasteiger partial charge is 0.457 e. The molecule has 0 aliphatic rings. The highest BCUT2D eigenvalue weighted by molar-refractivity contribution is 5.94. The maximum Gasteiger partial charge on any atom is 0.322 e. The van der Waals surface area contributed by atoms with Gasteiger partial charge in [0.15, 0.2) is 0 Å². The smallest absolute Gasteiger partial charge is 0.322 e. The Morgan fingerprint density at radius 3 is 2.02 bits per heavy atom. The van der Waals surface area contributed by atoms with E-state index in [1.54, 1.807) is 5.06 Å². The van der Waals surface area contributed by atoms with Gasteiger partial charge in [-0.1, -0.05) is 113 Å². The van der Waals surface area contributed by atoms with Crippen LogP contribution in [0.2, 0.25) is 0 Å². The second-order valence-corrected chi connectivity index (χ2v) is 10.9. The first-order valence-corrected chi connectivity index (χ1v) is 15.7. The maximum atomic E-state index is 12.6. The summed E-state index contributed by atoms with van der Waals surface area (Å²) in [5.74, 6) is 1.13. The molecule has 0 aliphatic heterocycles. The first-order chi connectivity index (χ1) is 20.5. The molecule has 0 unspecified atom stereocenters. The number of amides is 1. The van der Waals surface area contributed by atoms with Crippen molar-refractivity contribution in [3.8, 4) is 11.5 Å². The molecule has 0 aromatic heterocycles. The average Bonchev–Trinajstić information content (AvgIpc) is 3.00. The van der Waals surface area contributed by atoms with Crippen LogP contribution < -0.4 is 10.1 Å². The van der Waals surface area contributed by atoms with Gasteiger partial charge in [0.25, 0.3) is 5.91 Å². The van der Waals surface area contributed by atoms with E-state index in [1.807, 2.05) is 78.9 Å². The molecule has 42 heavy (non-hydrogen) atoms. The minimum atomic E-state index is -0.369. The van der Waals surface area contributed by atoms with Crippen LogP contribution in [0, 0.1) is 0 Å². The Morgan fingerprint density at radius 2 is 1.36 bits per heavy atom. The number of carbonyl (C=O) groups is 2. The summed E-state index contributed by atoms with van der Waals surface area (Å²) >= 11 is 0. The van der Waals surface area contributed by atoms with Crippen LogP contribution in [0.3, 0.4) is 0 Å². The van der Waals surface area contributed by atoms with Crippen LogP contribution in [0.4, 0.5) is 0 Å². The van der Waals surface area contributed by atoms with E-state index < -0.39 is 0 Å². The second-order valence-electron chi connectivity index (χ2n) is 10.9. The summed E-state index contributed by atoms with van der Waals surface area (Å²) in [6.07, 6.45) is 13.4. The SMILES string of the molecule is CCCCCCCCCCCCNC(=O)c1ccc(CN(CCc2ccccc2Oc2ccccc2)OC(C)=O)cc1. The molecule has 0 aliphatic carbocycles. The fraction of sp³-hybridized carbons (Fsp3) is 0.444. The monoisotopic (exact) mass is 572 g/mol. The van der Waals surface area contributed by atoms with Crippen LogP contribution in [0.25, 0.3) is 0 Å². The van der Waals surface area contributed by atoms with Crippen molar-refractivity contribution >= 4 is 11.9 Å². The highest BCUT2D eigenvalue weighted by Crippen LogP contribution is 2.25. The molecule has 0 saturated heterocycles. The second kappa shape index (κ2) is 19.5. The fourth-order valence-corrected chi connectivity index (χ4v) is 4.89. The molecular formula is C36H48N2O4. The molecule has 1 N–H and O–H groups in total. The standard InChI is InChI=1S/C36H48N2O4/c1-3-4-5-6-7-8-9-10-11-17-27-37-36(40)33-24-22-31(23-25-33)29-38(42-30(2)39)28-26-32-18-15-16-21-35(32)41-34-19-13-12-14-20-34/h12-16,18-25H,3-11,17,26-29H2,1-2H3,(H,37,40). The number of ether oxygens (including phenoxy) is 1. The summed E-state index contributed by atoms with van der Waals surface area (Å²) in [4.78, 5) is 29.9. The van der Waals surface area contributed by atoms with Gasteiger partial charge in [0.1, 0.15) is 11.5 Å². The van der Waals surface area contributed by atoms with E-state index in [0.717, 1.165) is 35.5 Å². The Hall–Kier alpha value is -3.64. The molecule has 0 radical (unpaired) electrons. The van der Waals surface area contributed by atoms with Gasteiger partial charge in [-0.15, -0.1) is 5.06 Å². The summed E-state index contributed by atoms with van der Waals surface area (Å²) in [7, 11) is 0. The molecule has 0 saturated carbocycles. The normalized spacial score (nSPS) is 10.9. The molecule has 0 fully saturated rings. The van der Waals surface area contributed by atoms with Crippen molar-refractivity contribution in [1.82, 2.24) is 10.4 Å². The number of hydrogen-bond donors (Lipinski definition) is 1. The summed E-state index contributed by atoms with van der Waals surface area (Å²) < 4.78 is 6.08. The van der Waals surface area contributed by atoms with Crippen molar-refractivity contribution < 1.29 is 19.2 Å². The maximum absolute atomic E-state index is 12.6. The number of para-hydroxylation sites is 2. The molecule has 226 valence electrons.